The molecule has 1 aliphatic heterocycles. The summed E-state index contributed by atoms with van der Waals surface area (Å²) in [5.41, 5.74) is 1.61. The highest BCUT2D eigenvalue weighted by molar-refractivity contribution is 5.94. The number of fused-ring (bicyclic) bond motifs is 1. The van der Waals surface area contributed by atoms with Gasteiger partial charge in [-0.05, 0) is 41.0 Å². The first kappa shape index (κ1) is 21.2. The summed E-state index contributed by atoms with van der Waals surface area (Å²) in [7, 11) is 1.83. The second-order valence-corrected chi connectivity index (χ2v) is 8.08. The second-order valence-electron chi connectivity index (χ2n) is 8.08. The second kappa shape index (κ2) is 8.73. The van der Waals surface area contributed by atoms with E-state index in [0.717, 1.165) is 17.7 Å². The van der Waals surface area contributed by atoms with Crippen LogP contribution in [-0.4, -0.2) is 58.1 Å². The van der Waals surface area contributed by atoms with Crippen LogP contribution >= 0.6 is 0 Å². The summed E-state index contributed by atoms with van der Waals surface area (Å²) < 4.78 is 12.7. The van der Waals surface area contributed by atoms with Gasteiger partial charge in [-0.2, -0.15) is 5.10 Å². The molecule has 0 fully saturated rings. The Balaban J connectivity index is 2.00. The van der Waals surface area contributed by atoms with Gasteiger partial charge in [-0.3, -0.25) is 9.48 Å². The van der Waals surface area contributed by atoms with Gasteiger partial charge in [0.15, 0.2) is 5.69 Å². The minimum Gasteiger partial charge on any atom is -0.444 e. The summed E-state index contributed by atoms with van der Waals surface area (Å²) in [4.78, 5) is 26.6. The smallest absolute Gasteiger partial charge is 0.410 e. The SMILES string of the molecule is CC(C)OCCCNC(=O)c1nn(C)c2c1CN(C(=O)OC(C)(C)C)CC2. The van der Waals surface area contributed by atoms with Crippen molar-refractivity contribution in [1.29, 1.82) is 0 Å². The van der Waals surface area contributed by atoms with Crippen molar-refractivity contribution in [2.45, 2.75) is 65.7 Å². The number of nitrogens with one attached hydrogen (secondary N) is 1. The number of rotatable bonds is 6. The molecule has 0 saturated carbocycles. The van der Waals surface area contributed by atoms with Crippen LogP contribution in [0.4, 0.5) is 4.79 Å². The highest BCUT2D eigenvalue weighted by atomic mass is 16.6. The molecule has 0 aromatic carbocycles. The topological polar surface area (TPSA) is 85.7 Å². The Hall–Kier alpha value is -2.09. The Bertz CT molecular complexity index is 676. The average Bonchev–Trinajstić information content (AvgIpc) is 2.89. The van der Waals surface area contributed by atoms with Gasteiger partial charge in [0.05, 0.1) is 12.6 Å². The van der Waals surface area contributed by atoms with Crippen LogP contribution < -0.4 is 5.32 Å². The average molecular weight is 380 g/mol. The van der Waals surface area contributed by atoms with Crippen LogP contribution in [0.1, 0.15) is 62.8 Å². The van der Waals surface area contributed by atoms with Crippen molar-refractivity contribution in [3.05, 3.63) is 17.0 Å². The summed E-state index contributed by atoms with van der Waals surface area (Å²) in [5, 5.41) is 7.27. The number of aromatic nitrogens is 2. The first-order valence-electron chi connectivity index (χ1n) is 9.51. The van der Waals surface area contributed by atoms with E-state index in [1.54, 1.807) is 9.58 Å². The summed E-state index contributed by atoms with van der Waals surface area (Å²) in [5.74, 6) is -0.220. The fraction of sp³-hybridized carbons (Fsp3) is 0.737. The Labute approximate surface area is 161 Å². The molecule has 1 aromatic heterocycles. The molecule has 2 amide bonds. The lowest BCUT2D eigenvalue weighted by molar-refractivity contribution is 0.0221. The van der Waals surface area contributed by atoms with Gasteiger partial charge in [-0.25, -0.2) is 4.79 Å². The van der Waals surface area contributed by atoms with E-state index < -0.39 is 5.60 Å². The maximum atomic E-state index is 12.6. The van der Waals surface area contributed by atoms with Crippen LogP contribution in [0.25, 0.3) is 0 Å². The molecule has 0 unspecified atom stereocenters. The predicted molar refractivity (Wildman–Crippen MR) is 102 cm³/mol. The normalized spacial score (nSPS) is 14.3. The van der Waals surface area contributed by atoms with Gasteiger partial charge in [0.1, 0.15) is 5.60 Å². The molecule has 1 aromatic rings. The zero-order valence-corrected chi connectivity index (χ0v) is 17.3. The quantitative estimate of drug-likeness (QED) is 0.765. The lowest BCUT2D eigenvalue weighted by atomic mass is 10.0. The van der Waals surface area contributed by atoms with Crippen LogP contribution in [-0.2, 0) is 29.5 Å². The van der Waals surface area contributed by atoms with Gasteiger partial charge in [0.25, 0.3) is 5.91 Å². The molecular formula is C19H32N4O4. The maximum absolute atomic E-state index is 12.6. The third-order valence-corrected chi connectivity index (χ3v) is 4.17. The highest BCUT2D eigenvalue weighted by Crippen LogP contribution is 2.23. The van der Waals surface area contributed by atoms with Gasteiger partial charge in [0.2, 0.25) is 0 Å². The van der Waals surface area contributed by atoms with E-state index in [0.29, 0.717) is 38.4 Å². The summed E-state index contributed by atoms with van der Waals surface area (Å²) in [6.07, 6.45) is 1.20. The fourth-order valence-corrected chi connectivity index (χ4v) is 2.93. The van der Waals surface area contributed by atoms with Crippen molar-refractivity contribution in [2.75, 3.05) is 19.7 Å². The van der Waals surface area contributed by atoms with Crippen LogP contribution in [0.5, 0.6) is 0 Å². The lowest BCUT2D eigenvalue weighted by Crippen LogP contribution is -2.40. The molecule has 152 valence electrons. The van der Waals surface area contributed by atoms with E-state index in [1.807, 2.05) is 41.7 Å². The van der Waals surface area contributed by atoms with E-state index >= 15 is 0 Å². The summed E-state index contributed by atoms with van der Waals surface area (Å²) >= 11 is 0. The van der Waals surface area contributed by atoms with Crippen molar-refractivity contribution in [2.24, 2.45) is 7.05 Å². The van der Waals surface area contributed by atoms with E-state index in [1.165, 1.54) is 0 Å². The minimum atomic E-state index is -0.551. The summed E-state index contributed by atoms with van der Waals surface area (Å²) in [6.45, 7) is 11.5. The first-order valence-corrected chi connectivity index (χ1v) is 9.51. The number of hydrogen-bond donors (Lipinski definition) is 1. The number of ether oxygens (including phenoxy) is 2. The molecule has 0 saturated heterocycles. The van der Waals surface area contributed by atoms with E-state index in [2.05, 4.69) is 10.4 Å². The third-order valence-electron chi connectivity index (χ3n) is 4.17. The van der Waals surface area contributed by atoms with Crippen molar-refractivity contribution in [3.8, 4) is 0 Å². The molecule has 0 radical (unpaired) electrons. The standard InChI is InChI=1S/C19H32N4O4/c1-13(2)26-11-7-9-20-17(24)16-14-12-23(18(25)27-19(3,4)5)10-8-15(14)22(6)21-16/h13H,7-12H2,1-6H3,(H,20,24). The highest BCUT2D eigenvalue weighted by Gasteiger charge is 2.31. The van der Waals surface area contributed by atoms with Crippen molar-refractivity contribution in [3.63, 3.8) is 0 Å². The maximum Gasteiger partial charge on any atom is 0.410 e. The number of amides is 2. The van der Waals surface area contributed by atoms with Gasteiger partial charge >= 0.3 is 6.09 Å². The number of carbonyl (C=O) groups is 2. The molecule has 2 heterocycles. The van der Waals surface area contributed by atoms with Gasteiger partial charge < -0.3 is 19.7 Å². The van der Waals surface area contributed by atoms with Gasteiger partial charge in [0, 0.05) is 44.4 Å². The Morgan fingerprint density at radius 1 is 1.30 bits per heavy atom. The number of carbonyl (C=O) groups excluding carboxylic acids is 2. The van der Waals surface area contributed by atoms with E-state index in [-0.39, 0.29) is 18.1 Å². The zero-order chi connectivity index (χ0) is 20.2. The zero-order valence-electron chi connectivity index (χ0n) is 17.3. The predicted octanol–water partition coefficient (Wildman–Crippen LogP) is 2.26. The molecule has 8 nitrogen and oxygen atoms in total. The van der Waals surface area contributed by atoms with E-state index in [4.69, 9.17) is 9.47 Å². The molecule has 0 atom stereocenters. The minimum absolute atomic E-state index is 0.183. The van der Waals surface area contributed by atoms with Gasteiger partial charge in [-0.15, -0.1) is 0 Å². The Kier molecular flexibility index (Phi) is 6.86. The number of aryl methyl sites for hydroxylation is 1. The summed E-state index contributed by atoms with van der Waals surface area (Å²) in [6, 6.07) is 0. The largest absolute Gasteiger partial charge is 0.444 e. The van der Waals surface area contributed by atoms with Crippen LogP contribution in [0.3, 0.4) is 0 Å². The molecule has 8 heteroatoms. The van der Waals surface area contributed by atoms with Crippen molar-refractivity contribution < 1.29 is 19.1 Å². The Morgan fingerprint density at radius 2 is 2.00 bits per heavy atom. The molecule has 0 aliphatic carbocycles. The fourth-order valence-electron chi connectivity index (χ4n) is 2.93. The van der Waals surface area contributed by atoms with E-state index in [9.17, 15) is 9.59 Å². The van der Waals surface area contributed by atoms with Crippen LogP contribution in [0, 0.1) is 0 Å². The van der Waals surface area contributed by atoms with Crippen molar-refractivity contribution >= 4 is 12.0 Å². The third kappa shape index (κ3) is 5.95. The molecule has 0 spiro atoms. The first-order chi connectivity index (χ1) is 12.6. The van der Waals surface area contributed by atoms with Crippen molar-refractivity contribution in [1.82, 2.24) is 20.0 Å². The molecule has 27 heavy (non-hydrogen) atoms. The number of nitrogens with zero attached hydrogens (tertiary/aromatic N) is 3. The van der Waals surface area contributed by atoms with Crippen LogP contribution in [0.2, 0.25) is 0 Å². The molecule has 1 aliphatic rings. The number of hydrogen-bond acceptors (Lipinski definition) is 5. The Morgan fingerprint density at radius 3 is 2.63 bits per heavy atom. The van der Waals surface area contributed by atoms with Crippen LogP contribution in [0.15, 0.2) is 0 Å². The van der Waals surface area contributed by atoms with Gasteiger partial charge in [-0.1, -0.05) is 0 Å². The molecule has 1 N–H and O–H groups in total. The molecule has 2 rings (SSSR count). The lowest BCUT2D eigenvalue weighted by Gasteiger charge is -2.30. The monoisotopic (exact) mass is 380 g/mol. The molecular weight excluding hydrogens is 348 g/mol. The molecule has 0 bridgehead atoms.